The molecule has 2 fully saturated rings. The van der Waals surface area contributed by atoms with Crippen molar-refractivity contribution in [3.8, 4) is 5.75 Å². The molecule has 5 aliphatic rings. The summed E-state index contributed by atoms with van der Waals surface area (Å²) in [6.45, 7) is 5.23. The number of piperazine rings is 1. The number of benzene rings is 1. The molecule has 0 spiro atoms. The lowest BCUT2D eigenvalue weighted by molar-refractivity contribution is -0.139. The summed E-state index contributed by atoms with van der Waals surface area (Å²) in [5.41, 5.74) is 0.490. The van der Waals surface area contributed by atoms with Gasteiger partial charge in [-0.2, -0.15) is 17.8 Å². The van der Waals surface area contributed by atoms with Crippen LogP contribution < -0.4 is 4.74 Å². The van der Waals surface area contributed by atoms with Gasteiger partial charge in [0.2, 0.25) is 0 Å². The zero-order valence-electron chi connectivity index (χ0n) is 21.8. The van der Waals surface area contributed by atoms with Crippen molar-refractivity contribution in [2.75, 3.05) is 39.3 Å². The van der Waals surface area contributed by atoms with Gasteiger partial charge in [-0.15, -0.1) is 0 Å². The van der Waals surface area contributed by atoms with Gasteiger partial charge in [0, 0.05) is 43.9 Å². The Bertz CT molecular complexity index is 1400. The van der Waals surface area contributed by atoms with Crippen molar-refractivity contribution in [2.45, 2.75) is 45.3 Å². The van der Waals surface area contributed by atoms with Gasteiger partial charge < -0.3 is 19.6 Å². The van der Waals surface area contributed by atoms with E-state index in [4.69, 9.17) is 4.74 Å². The molecule has 2 amide bonds. The Kier molecular flexibility index (Phi) is 6.21. The van der Waals surface area contributed by atoms with Gasteiger partial charge in [-0.05, 0) is 32.8 Å². The second-order valence-corrected chi connectivity index (χ2v) is 12.2. The van der Waals surface area contributed by atoms with Crippen LogP contribution in [0.25, 0.3) is 0 Å². The molecule has 5 aliphatic heterocycles. The van der Waals surface area contributed by atoms with Gasteiger partial charge in [0.1, 0.15) is 35.0 Å². The van der Waals surface area contributed by atoms with Gasteiger partial charge in [-0.3, -0.25) is 9.59 Å². The minimum Gasteiger partial charge on any atom is -0.509 e. The number of halogens is 1. The zero-order valence-corrected chi connectivity index (χ0v) is 22.6. The molecule has 1 aromatic rings. The minimum atomic E-state index is -3.97. The molecule has 0 aromatic heterocycles. The number of aliphatic hydroxyl groups is 1. The fourth-order valence-corrected chi connectivity index (χ4v) is 7.79. The SMILES string of the molecule is CCN1C[C@H](C)N2C(=C(O)C3C(=O)N4Cc5ccc(F)cc5OCCCCN5CCN(C(=N4)C32)S5(=O)=O)C1=O. The first-order valence-electron chi connectivity index (χ1n) is 13.2. The van der Waals surface area contributed by atoms with Crippen LogP contribution in [0.4, 0.5) is 4.39 Å². The lowest BCUT2D eigenvalue weighted by atomic mass is 9.95. The number of carbonyl (C=O) groups is 2. The van der Waals surface area contributed by atoms with E-state index in [2.05, 4.69) is 5.10 Å². The van der Waals surface area contributed by atoms with Crippen molar-refractivity contribution in [3.63, 3.8) is 0 Å². The van der Waals surface area contributed by atoms with Crippen LogP contribution >= 0.6 is 0 Å². The highest BCUT2D eigenvalue weighted by Crippen LogP contribution is 2.43. The molecule has 4 atom stereocenters. The predicted molar refractivity (Wildman–Crippen MR) is 137 cm³/mol. The number of amidine groups is 1. The summed E-state index contributed by atoms with van der Waals surface area (Å²) in [6, 6.07) is 2.74. The number of hydrogen-bond donors (Lipinski definition) is 1. The molecule has 14 heteroatoms. The summed E-state index contributed by atoms with van der Waals surface area (Å²) in [5.74, 6) is -2.75. The Morgan fingerprint density at radius 3 is 2.74 bits per heavy atom. The van der Waals surface area contributed by atoms with Crippen LogP contribution in [0, 0.1) is 11.7 Å². The van der Waals surface area contributed by atoms with Crippen LogP contribution in [0.1, 0.15) is 32.3 Å². The molecule has 3 unspecified atom stereocenters. The molecular weight excluding hydrogens is 531 g/mol. The van der Waals surface area contributed by atoms with E-state index < -0.39 is 39.8 Å². The van der Waals surface area contributed by atoms with E-state index in [1.165, 1.54) is 26.8 Å². The van der Waals surface area contributed by atoms with Gasteiger partial charge in [-0.1, -0.05) is 6.07 Å². The van der Waals surface area contributed by atoms with E-state index in [9.17, 15) is 27.5 Å². The summed E-state index contributed by atoms with van der Waals surface area (Å²) >= 11 is 0. The molecule has 6 rings (SSSR count). The Morgan fingerprint density at radius 2 is 1.97 bits per heavy atom. The molecular formula is C25H31FN6O6S. The van der Waals surface area contributed by atoms with E-state index in [-0.39, 0.29) is 61.9 Å². The lowest BCUT2D eigenvalue weighted by Crippen LogP contribution is -2.62. The van der Waals surface area contributed by atoms with Crippen LogP contribution in [0.3, 0.4) is 0 Å². The molecule has 5 heterocycles. The Morgan fingerprint density at radius 1 is 1.18 bits per heavy atom. The lowest BCUT2D eigenvalue weighted by Gasteiger charge is -2.45. The number of hydrogen-bond acceptors (Lipinski definition) is 8. The highest BCUT2D eigenvalue weighted by molar-refractivity contribution is 7.87. The Hall–Kier alpha value is -3.39. The highest BCUT2D eigenvalue weighted by atomic mass is 32.2. The Balaban J connectivity index is 1.51. The highest BCUT2D eigenvalue weighted by Gasteiger charge is 2.59. The van der Waals surface area contributed by atoms with E-state index >= 15 is 0 Å². The molecule has 4 bridgehead atoms. The molecule has 1 aromatic carbocycles. The van der Waals surface area contributed by atoms with Crippen LogP contribution in [-0.4, -0.2) is 106 Å². The van der Waals surface area contributed by atoms with Crippen LogP contribution in [-0.2, 0) is 26.3 Å². The number of rotatable bonds is 1. The summed E-state index contributed by atoms with van der Waals surface area (Å²) in [6.07, 6.45) is 1.09. The maximum absolute atomic E-state index is 14.1. The number of carbonyl (C=O) groups excluding carboxylic acids is 2. The fourth-order valence-electron chi connectivity index (χ4n) is 6.14. The number of nitrogens with zero attached hydrogens (tertiary/aromatic N) is 6. The molecule has 12 nitrogen and oxygen atoms in total. The van der Waals surface area contributed by atoms with E-state index in [1.54, 1.807) is 9.80 Å². The van der Waals surface area contributed by atoms with Gasteiger partial charge >= 0.3 is 10.2 Å². The number of amides is 2. The van der Waals surface area contributed by atoms with Crippen molar-refractivity contribution >= 4 is 27.9 Å². The van der Waals surface area contributed by atoms with Crippen molar-refractivity contribution in [1.29, 1.82) is 0 Å². The molecule has 2 saturated heterocycles. The minimum absolute atomic E-state index is 0.00525. The third kappa shape index (κ3) is 3.94. The van der Waals surface area contributed by atoms with E-state index in [0.29, 0.717) is 31.5 Å². The van der Waals surface area contributed by atoms with Gasteiger partial charge in [-0.25, -0.2) is 13.7 Å². The maximum atomic E-state index is 14.1. The van der Waals surface area contributed by atoms with Gasteiger partial charge in [0.25, 0.3) is 11.8 Å². The topological polar surface area (TPSA) is 126 Å². The molecule has 39 heavy (non-hydrogen) atoms. The number of ether oxygens (including phenoxy) is 1. The van der Waals surface area contributed by atoms with Gasteiger partial charge in [0.15, 0.2) is 5.84 Å². The molecule has 0 aliphatic carbocycles. The van der Waals surface area contributed by atoms with Crippen molar-refractivity contribution in [2.24, 2.45) is 11.0 Å². The quantitative estimate of drug-likeness (QED) is 0.538. The summed E-state index contributed by atoms with van der Waals surface area (Å²) in [7, 11) is -3.97. The van der Waals surface area contributed by atoms with Crippen molar-refractivity contribution in [1.82, 2.24) is 23.4 Å². The van der Waals surface area contributed by atoms with E-state index in [1.807, 2.05) is 13.8 Å². The normalized spacial score (nSPS) is 30.4. The zero-order chi connectivity index (χ0) is 27.6. The first kappa shape index (κ1) is 25.9. The predicted octanol–water partition coefficient (Wildman–Crippen LogP) is 0.837. The van der Waals surface area contributed by atoms with Crippen molar-refractivity contribution < 1.29 is 32.2 Å². The fraction of sp³-hybridized carbons (Fsp3) is 0.560. The average molecular weight is 563 g/mol. The van der Waals surface area contributed by atoms with E-state index in [0.717, 1.165) is 5.01 Å². The number of aliphatic hydroxyl groups excluding tert-OH is 1. The largest absolute Gasteiger partial charge is 0.509 e. The summed E-state index contributed by atoms with van der Waals surface area (Å²) < 4.78 is 49.9. The summed E-state index contributed by atoms with van der Waals surface area (Å²) in [5, 5.41) is 17.1. The Labute approximate surface area is 226 Å². The average Bonchev–Trinajstić information content (AvgIpc) is 3.37. The first-order valence-corrected chi connectivity index (χ1v) is 14.6. The summed E-state index contributed by atoms with van der Waals surface area (Å²) in [4.78, 5) is 30.5. The van der Waals surface area contributed by atoms with Crippen LogP contribution in [0.2, 0.25) is 0 Å². The van der Waals surface area contributed by atoms with Crippen LogP contribution in [0.15, 0.2) is 34.8 Å². The number of hydrazone groups is 1. The second-order valence-electron chi connectivity index (χ2n) is 10.4. The second kappa shape index (κ2) is 9.37. The standard InChI is InChI=1S/C25H31FN6O6S/c1-3-28-13-15(2)32-20-19(22(33)21(32)25(28)35)24(34)30-14-16-6-7-17(26)12-18(16)38-11-5-4-8-29-9-10-31(23(20)27-30)39(29,36)37/h6-7,12,15,19-20,33H,3-5,8-11,13-14H2,1-2H3/t15-,19?,20?/m0/s1. The smallest absolute Gasteiger partial charge is 0.305 e. The van der Waals surface area contributed by atoms with Gasteiger partial charge in [0.05, 0.1) is 19.7 Å². The van der Waals surface area contributed by atoms with Crippen LogP contribution in [0.5, 0.6) is 5.75 Å². The third-order valence-electron chi connectivity index (χ3n) is 8.07. The molecule has 0 radical (unpaired) electrons. The van der Waals surface area contributed by atoms with Crippen molar-refractivity contribution in [3.05, 3.63) is 41.0 Å². The molecule has 210 valence electrons. The monoisotopic (exact) mass is 562 g/mol. The molecule has 0 saturated carbocycles. The first-order chi connectivity index (χ1) is 18.6. The maximum Gasteiger partial charge on any atom is 0.305 e. The third-order valence-corrected chi connectivity index (χ3v) is 10.0. The number of fused-ring (bicyclic) bond motifs is 9. The molecule has 1 N–H and O–H groups in total. The number of likely N-dealkylation sites (N-methyl/N-ethyl adjacent to an activating group) is 1.